The van der Waals surface area contributed by atoms with E-state index in [1.807, 2.05) is 0 Å². The first-order valence-corrected chi connectivity index (χ1v) is 9.15. The third kappa shape index (κ3) is 3.90. The number of nitrogens with one attached hydrogen (secondary N) is 1. The van der Waals surface area contributed by atoms with Gasteiger partial charge in [0, 0.05) is 14.0 Å². The lowest BCUT2D eigenvalue weighted by Gasteiger charge is -2.12. The lowest BCUT2D eigenvalue weighted by molar-refractivity contribution is 0.598. The molecule has 0 aliphatic carbocycles. The van der Waals surface area contributed by atoms with Crippen LogP contribution in [0.25, 0.3) is 0 Å². The number of sulfonamides is 1. The number of benzene rings is 2. The van der Waals surface area contributed by atoms with Gasteiger partial charge in [0.15, 0.2) is 0 Å². The van der Waals surface area contributed by atoms with E-state index >= 15 is 0 Å². The molecule has 0 bridgehead atoms. The minimum absolute atomic E-state index is 0.0898. The van der Waals surface area contributed by atoms with Crippen LogP contribution in [-0.2, 0) is 10.0 Å². The van der Waals surface area contributed by atoms with Crippen molar-refractivity contribution >= 4 is 70.8 Å². The van der Waals surface area contributed by atoms with Crippen molar-refractivity contribution < 1.29 is 12.8 Å². The van der Waals surface area contributed by atoms with E-state index in [1.54, 1.807) is 0 Å². The molecular formula is C12H6Br2Cl2FNO2S. The summed E-state index contributed by atoms with van der Waals surface area (Å²) >= 11 is 17.8. The van der Waals surface area contributed by atoms with Crippen molar-refractivity contribution in [3.05, 3.63) is 55.1 Å². The fourth-order valence-corrected chi connectivity index (χ4v) is 5.68. The molecule has 2 rings (SSSR count). The zero-order valence-electron chi connectivity index (χ0n) is 10.0. The average molecular weight is 478 g/mol. The van der Waals surface area contributed by atoms with Gasteiger partial charge in [-0.1, -0.05) is 23.2 Å². The lowest BCUT2D eigenvalue weighted by Crippen LogP contribution is -2.14. The number of halogens is 5. The third-order valence-corrected chi connectivity index (χ3v) is 6.20. The summed E-state index contributed by atoms with van der Waals surface area (Å²) in [5.41, 5.74) is 0.171. The Morgan fingerprint density at radius 1 is 1.05 bits per heavy atom. The van der Waals surface area contributed by atoms with Crippen LogP contribution in [0, 0.1) is 5.82 Å². The third-order valence-electron chi connectivity index (χ3n) is 2.41. The molecule has 0 amide bonds. The maximum Gasteiger partial charge on any atom is 0.264 e. The number of hydrogen-bond donors (Lipinski definition) is 1. The Labute approximate surface area is 147 Å². The molecule has 0 fully saturated rings. The molecule has 0 saturated carbocycles. The summed E-state index contributed by atoms with van der Waals surface area (Å²) in [6.07, 6.45) is 0. The molecule has 3 nitrogen and oxygen atoms in total. The van der Waals surface area contributed by atoms with Gasteiger partial charge in [0.05, 0.1) is 10.7 Å². The molecule has 0 heterocycles. The summed E-state index contributed by atoms with van der Waals surface area (Å²) < 4.78 is 40.5. The van der Waals surface area contributed by atoms with Gasteiger partial charge >= 0.3 is 0 Å². The van der Waals surface area contributed by atoms with Crippen LogP contribution in [0.3, 0.4) is 0 Å². The molecule has 0 aliphatic heterocycles. The minimum Gasteiger partial charge on any atom is -0.278 e. The second-order valence-electron chi connectivity index (χ2n) is 3.93. The van der Waals surface area contributed by atoms with Gasteiger partial charge in [0.2, 0.25) is 0 Å². The molecule has 2 aromatic rings. The molecule has 0 aliphatic rings. The van der Waals surface area contributed by atoms with Gasteiger partial charge in [-0.05, 0) is 62.2 Å². The Bertz CT molecular complexity index is 792. The molecule has 1 N–H and O–H groups in total. The highest BCUT2D eigenvalue weighted by Crippen LogP contribution is 2.34. The predicted molar refractivity (Wildman–Crippen MR) is 89.1 cm³/mol. The zero-order chi connectivity index (χ0) is 15.8. The molecule has 2 aromatic carbocycles. The van der Waals surface area contributed by atoms with Crippen LogP contribution >= 0.6 is 55.1 Å². The van der Waals surface area contributed by atoms with Crippen molar-refractivity contribution in [3.63, 3.8) is 0 Å². The van der Waals surface area contributed by atoms with E-state index in [0.717, 1.165) is 12.1 Å². The Kier molecular flexibility index (Phi) is 5.20. The van der Waals surface area contributed by atoms with Crippen molar-refractivity contribution in [2.75, 3.05) is 4.72 Å². The first-order valence-electron chi connectivity index (χ1n) is 5.33. The number of hydrogen-bond acceptors (Lipinski definition) is 2. The maximum absolute atomic E-state index is 13.2. The highest BCUT2D eigenvalue weighted by molar-refractivity contribution is 9.11. The van der Waals surface area contributed by atoms with Crippen LogP contribution in [0.1, 0.15) is 0 Å². The molecule has 0 saturated heterocycles. The van der Waals surface area contributed by atoms with Gasteiger partial charge in [-0.15, -0.1) is 0 Å². The molecular weight excluding hydrogens is 472 g/mol. The van der Waals surface area contributed by atoms with Gasteiger partial charge in [-0.2, -0.15) is 0 Å². The van der Waals surface area contributed by atoms with E-state index in [4.69, 9.17) is 23.2 Å². The average Bonchev–Trinajstić information content (AvgIpc) is 2.30. The zero-order valence-corrected chi connectivity index (χ0v) is 15.5. The van der Waals surface area contributed by atoms with Gasteiger partial charge < -0.3 is 0 Å². The molecule has 0 aromatic heterocycles. The summed E-state index contributed by atoms with van der Waals surface area (Å²) in [5.74, 6) is -0.572. The van der Waals surface area contributed by atoms with Crippen LogP contribution in [0.5, 0.6) is 0 Å². The monoisotopic (exact) mass is 475 g/mol. The van der Waals surface area contributed by atoms with Gasteiger partial charge in [0.1, 0.15) is 10.7 Å². The Balaban J connectivity index is 2.48. The van der Waals surface area contributed by atoms with E-state index in [0.29, 0.717) is 5.02 Å². The van der Waals surface area contributed by atoms with E-state index < -0.39 is 15.8 Å². The maximum atomic E-state index is 13.2. The van der Waals surface area contributed by atoms with Crippen LogP contribution in [-0.4, -0.2) is 8.42 Å². The van der Waals surface area contributed by atoms with Gasteiger partial charge in [-0.3, -0.25) is 4.72 Å². The van der Waals surface area contributed by atoms with Gasteiger partial charge in [-0.25, -0.2) is 12.8 Å². The van der Waals surface area contributed by atoms with E-state index in [2.05, 4.69) is 36.6 Å². The summed E-state index contributed by atoms with van der Waals surface area (Å²) in [5, 5.41) is 0.535. The standard InChI is InChI=1S/C12H6Br2Cl2FNO2S/c13-8-4-7(17)5-9(14)12(8)21(19,20)18-11-2-1-6(15)3-10(11)16/h1-5,18H. The summed E-state index contributed by atoms with van der Waals surface area (Å²) in [6.45, 7) is 0. The first-order chi connectivity index (χ1) is 9.70. The number of anilines is 1. The van der Waals surface area contributed by atoms with Crippen molar-refractivity contribution in [1.29, 1.82) is 0 Å². The quantitative estimate of drug-likeness (QED) is 0.638. The molecule has 9 heteroatoms. The molecule has 112 valence electrons. The predicted octanol–water partition coefficient (Wildman–Crippen LogP) is 5.46. The second kappa shape index (κ2) is 6.42. The van der Waals surface area contributed by atoms with Crippen LogP contribution < -0.4 is 4.72 Å². The minimum atomic E-state index is -3.96. The smallest absolute Gasteiger partial charge is 0.264 e. The first kappa shape index (κ1) is 17.0. The molecule has 0 radical (unpaired) electrons. The highest BCUT2D eigenvalue weighted by atomic mass is 79.9. The van der Waals surface area contributed by atoms with E-state index in [1.165, 1.54) is 18.2 Å². The van der Waals surface area contributed by atoms with Crippen LogP contribution in [0.2, 0.25) is 10.0 Å². The molecule has 0 atom stereocenters. The molecule has 0 spiro atoms. The Hall–Kier alpha value is -0.340. The van der Waals surface area contributed by atoms with E-state index in [9.17, 15) is 12.8 Å². The SMILES string of the molecule is O=S(=O)(Nc1ccc(Cl)cc1Cl)c1c(Br)cc(F)cc1Br. The van der Waals surface area contributed by atoms with Gasteiger partial charge in [0.25, 0.3) is 10.0 Å². The summed E-state index contributed by atoms with van der Waals surface area (Å²) in [4.78, 5) is -0.130. The number of rotatable bonds is 3. The largest absolute Gasteiger partial charge is 0.278 e. The normalized spacial score (nSPS) is 11.5. The van der Waals surface area contributed by atoms with Crippen LogP contribution in [0.4, 0.5) is 10.1 Å². The van der Waals surface area contributed by atoms with Crippen molar-refractivity contribution in [2.24, 2.45) is 0 Å². The lowest BCUT2D eigenvalue weighted by atomic mass is 10.3. The van der Waals surface area contributed by atoms with E-state index in [-0.39, 0.29) is 24.6 Å². The van der Waals surface area contributed by atoms with Crippen molar-refractivity contribution in [2.45, 2.75) is 4.90 Å². The fraction of sp³-hybridized carbons (Fsp3) is 0. The molecule has 21 heavy (non-hydrogen) atoms. The fourth-order valence-electron chi connectivity index (χ4n) is 1.55. The molecule has 0 unspecified atom stereocenters. The Morgan fingerprint density at radius 3 is 2.14 bits per heavy atom. The second-order valence-corrected chi connectivity index (χ2v) is 8.10. The summed E-state index contributed by atoms with van der Waals surface area (Å²) in [6, 6.07) is 6.47. The topological polar surface area (TPSA) is 46.2 Å². The highest BCUT2D eigenvalue weighted by Gasteiger charge is 2.23. The Morgan fingerprint density at radius 2 is 1.62 bits per heavy atom. The van der Waals surface area contributed by atoms with Crippen molar-refractivity contribution in [3.8, 4) is 0 Å². The van der Waals surface area contributed by atoms with Crippen molar-refractivity contribution in [1.82, 2.24) is 0 Å². The van der Waals surface area contributed by atoms with Crippen LogP contribution in [0.15, 0.2) is 44.2 Å². The summed E-state index contributed by atoms with van der Waals surface area (Å²) in [7, 11) is -3.96.